The lowest BCUT2D eigenvalue weighted by Gasteiger charge is -2.13. The molecule has 0 unspecified atom stereocenters. The molecule has 8 heteroatoms. The van der Waals surface area contributed by atoms with Crippen molar-refractivity contribution < 1.29 is 19.2 Å². The van der Waals surface area contributed by atoms with Gasteiger partial charge in [0.25, 0.3) is 11.8 Å². The monoisotopic (exact) mass is 336 g/mol. The van der Waals surface area contributed by atoms with Crippen LogP contribution in [0, 0.1) is 6.92 Å². The van der Waals surface area contributed by atoms with E-state index in [4.69, 9.17) is 4.84 Å². The number of pyridine rings is 1. The maximum Gasteiger partial charge on any atom is 0.364 e. The Labute approximate surface area is 141 Å². The molecule has 0 spiro atoms. The van der Waals surface area contributed by atoms with Crippen LogP contribution in [0.15, 0.2) is 36.5 Å². The molecule has 2 aromatic heterocycles. The first-order valence-corrected chi connectivity index (χ1v) is 7.47. The first-order chi connectivity index (χ1) is 12.0. The Morgan fingerprint density at radius 2 is 1.76 bits per heavy atom. The van der Waals surface area contributed by atoms with E-state index in [0.717, 1.165) is 0 Å². The molecule has 1 aliphatic heterocycles. The zero-order chi connectivity index (χ0) is 17.7. The zero-order valence-corrected chi connectivity index (χ0v) is 13.4. The van der Waals surface area contributed by atoms with Gasteiger partial charge < -0.3 is 4.84 Å². The van der Waals surface area contributed by atoms with Gasteiger partial charge >= 0.3 is 5.97 Å². The van der Waals surface area contributed by atoms with Crippen molar-refractivity contribution in [2.45, 2.75) is 6.92 Å². The molecule has 0 radical (unpaired) electrons. The lowest BCUT2D eigenvalue weighted by molar-refractivity contribution is -0.0583. The van der Waals surface area contributed by atoms with Crippen LogP contribution < -0.4 is 0 Å². The average Bonchev–Trinajstić information content (AvgIpc) is 3.08. The molecule has 0 N–H and O–H groups in total. The quantitative estimate of drug-likeness (QED) is 0.660. The Balaban J connectivity index is 1.70. The predicted octanol–water partition coefficient (Wildman–Crippen LogP) is 1.64. The topological polar surface area (TPSA) is 94.4 Å². The maximum atomic E-state index is 12.6. The van der Waals surface area contributed by atoms with Gasteiger partial charge in [0.05, 0.1) is 28.3 Å². The van der Waals surface area contributed by atoms with Gasteiger partial charge in [-0.2, -0.15) is 5.10 Å². The van der Waals surface area contributed by atoms with Gasteiger partial charge in [-0.3, -0.25) is 14.3 Å². The highest BCUT2D eigenvalue weighted by molar-refractivity contribution is 6.21. The lowest BCUT2D eigenvalue weighted by Crippen LogP contribution is -2.32. The number of hydrogen-bond acceptors (Lipinski definition) is 6. The molecule has 124 valence electrons. The largest absolute Gasteiger partial charge is 0.364 e. The summed E-state index contributed by atoms with van der Waals surface area (Å²) in [4.78, 5) is 46.6. The van der Waals surface area contributed by atoms with Gasteiger partial charge in [-0.25, -0.2) is 9.78 Å². The third-order valence-corrected chi connectivity index (χ3v) is 3.98. The minimum Gasteiger partial charge on any atom is -0.324 e. The van der Waals surface area contributed by atoms with E-state index < -0.39 is 17.8 Å². The van der Waals surface area contributed by atoms with Crippen molar-refractivity contribution in [2.24, 2.45) is 7.05 Å². The molecule has 8 nitrogen and oxygen atoms in total. The fourth-order valence-corrected chi connectivity index (χ4v) is 2.79. The summed E-state index contributed by atoms with van der Waals surface area (Å²) in [7, 11) is 1.70. The summed E-state index contributed by atoms with van der Waals surface area (Å²) in [6, 6.07) is 7.84. The molecule has 0 atom stereocenters. The van der Waals surface area contributed by atoms with Crippen molar-refractivity contribution in [1.82, 2.24) is 19.8 Å². The minimum absolute atomic E-state index is 0.187. The number of carbonyl (C=O) groups is 3. The normalized spacial score (nSPS) is 13.4. The van der Waals surface area contributed by atoms with E-state index in [1.807, 2.05) is 0 Å². The summed E-state index contributed by atoms with van der Waals surface area (Å²) in [6.45, 7) is 1.73. The fraction of sp³-hybridized carbons (Fsp3) is 0.118. The maximum absolute atomic E-state index is 12.6. The SMILES string of the molecule is Cc1cc(C(=O)ON2C(=O)c3ccccc3C2=O)c2cnn(C)c2n1. The highest BCUT2D eigenvalue weighted by Gasteiger charge is 2.39. The van der Waals surface area contributed by atoms with Gasteiger partial charge in [0.2, 0.25) is 0 Å². The van der Waals surface area contributed by atoms with Crippen LogP contribution in [0.25, 0.3) is 11.0 Å². The van der Waals surface area contributed by atoms with Crippen molar-refractivity contribution in [3.8, 4) is 0 Å². The van der Waals surface area contributed by atoms with E-state index in [1.165, 1.54) is 29.1 Å². The summed E-state index contributed by atoms with van der Waals surface area (Å²) >= 11 is 0. The summed E-state index contributed by atoms with van der Waals surface area (Å²) in [5.41, 5.74) is 1.70. The molecule has 0 aliphatic carbocycles. The summed E-state index contributed by atoms with van der Waals surface area (Å²) in [5, 5.41) is 5.05. The van der Waals surface area contributed by atoms with E-state index >= 15 is 0 Å². The van der Waals surface area contributed by atoms with Crippen LogP contribution >= 0.6 is 0 Å². The molecule has 1 aliphatic rings. The Morgan fingerprint density at radius 3 is 2.40 bits per heavy atom. The molecule has 4 rings (SSSR count). The van der Waals surface area contributed by atoms with Crippen molar-refractivity contribution in [3.63, 3.8) is 0 Å². The summed E-state index contributed by atoms with van der Waals surface area (Å²) in [5.74, 6) is -2.15. The fourth-order valence-electron chi connectivity index (χ4n) is 2.79. The van der Waals surface area contributed by atoms with Crippen LogP contribution in [-0.4, -0.2) is 37.6 Å². The van der Waals surface area contributed by atoms with E-state index in [9.17, 15) is 14.4 Å². The zero-order valence-electron chi connectivity index (χ0n) is 13.4. The Kier molecular flexibility index (Phi) is 3.14. The smallest absolute Gasteiger partial charge is 0.324 e. The second-order valence-corrected chi connectivity index (χ2v) is 5.65. The number of rotatable bonds is 2. The standard InChI is InChI=1S/C17H12N4O4/c1-9-7-12(13-8-18-20(2)14(13)19-9)17(24)25-21-15(22)10-5-3-4-6-11(10)16(21)23/h3-8H,1-2H3. The molecule has 0 saturated carbocycles. The van der Waals surface area contributed by atoms with E-state index in [-0.39, 0.29) is 16.7 Å². The molecular weight excluding hydrogens is 324 g/mol. The number of aromatic nitrogens is 3. The number of nitrogens with zero attached hydrogens (tertiary/aromatic N) is 4. The number of hydroxylamine groups is 2. The number of fused-ring (bicyclic) bond motifs is 2. The number of hydrogen-bond donors (Lipinski definition) is 0. The molecule has 0 bridgehead atoms. The van der Waals surface area contributed by atoms with Crippen LogP contribution in [0.4, 0.5) is 0 Å². The van der Waals surface area contributed by atoms with Gasteiger partial charge in [0.1, 0.15) is 0 Å². The molecule has 0 saturated heterocycles. The van der Waals surface area contributed by atoms with E-state index in [0.29, 0.717) is 21.8 Å². The second-order valence-electron chi connectivity index (χ2n) is 5.65. The summed E-state index contributed by atoms with van der Waals surface area (Å²) < 4.78 is 1.53. The Bertz CT molecular complexity index is 1030. The lowest BCUT2D eigenvalue weighted by atomic mass is 10.1. The second kappa shape index (κ2) is 5.23. The third-order valence-electron chi connectivity index (χ3n) is 3.98. The van der Waals surface area contributed by atoms with Crippen LogP contribution in [0.3, 0.4) is 0 Å². The predicted molar refractivity (Wildman–Crippen MR) is 85.6 cm³/mol. The van der Waals surface area contributed by atoms with Gasteiger partial charge in [-0.1, -0.05) is 17.2 Å². The summed E-state index contributed by atoms with van der Waals surface area (Å²) in [6.07, 6.45) is 1.49. The third kappa shape index (κ3) is 2.18. The van der Waals surface area contributed by atoms with Gasteiger partial charge in [0.15, 0.2) is 5.65 Å². The van der Waals surface area contributed by atoms with E-state index in [1.54, 1.807) is 26.1 Å². The van der Waals surface area contributed by atoms with Crippen LogP contribution in [-0.2, 0) is 11.9 Å². The minimum atomic E-state index is -0.821. The van der Waals surface area contributed by atoms with Crippen LogP contribution in [0.2, 0.25) is 0 Å². The van der Waals surface area contributed by atoms with Gasteiger partial charge in [-0.05, 0) is 25.1 Å². The first kappa shape index (κ1) is 15.0. The number of carbonyl (C=O) groups excluding carboxylic acids is 3. The van der Waals surface area contributed by atoms with Crippen molar-refractivity contribution in [2.75, 3.05) is 0 Å². The van der Waals surface area contributed by atoms with Gasteiger partial charge in [0, 0.05) is 12.7 Å². The van der Waals surface area contributed by atoms with Crippen molar-refractivity contribution in [3.05, 3.63) is 58.9 Å². The average molecular weight is 336 g/mol. The molecule has 25 heavy (non-hydrogen) atoms. The molecule has 3 heterocycles. The van der Waals surface area contributed by atoms with E-state index in [2.05, 4.69) is 10.1 Å². The highest BCUT2D eigenvalue weighted by Crippen LogP contribution is 2.25. The molecular formula is C17H12N4O4. The van der Waals surface area contributed by atoms with Gasteiger partial charge in [-0.15, -0.1) is 0 Å². The van der Waals surface area contributed by atoms with Crippen molar-refractivity contribution >= 4 is 28.8 Å². The number of benzene rings is 1. The molecule has 3 aromatic rings. The molecule has 1 aromatic carbocycles. The number of amides is 2. The molecule has 2 amide bonds. The highest BCUT2D eigenvalue weighted by atomic mass is 16.7. The number of imide groups is 1. The number of aryl methyl sites for hydroxylation is 2. The Morgan fingerprint density at radius 1 is 1.12 bits per heavy atom. The molecule has 0 fully saturated rings. The van der Waals surface area contributed by atoms with Crippen LogP contribution in [0.1, 0.15) is 36.8 Å². The Hall–Kier alpha value is -3.55. The van der Waals surface area contributed by atoms with Crippen LogP contribution in [0.5, 0.6) is 0 Å². The van der Waals surface area contributed by atoms with Crippen molar-refractivity contribution in [1.29, 1.82) is 0 Å². The first-order valence-electron chi connectivity index (χ1n) is 7.47.